The number of aromatic nitrogens is 1. The molecule has 2 aromatic rings. The van der Waals surface area contributed by atoms with E-state index in [0.717, 1.165) is 18.0 Å². The molecule has 1 heterocycles. The summed E-state index contributed by atoms with van der Waals surface area (Å²) in [5.74, 6) is 1.14. The van der Waals surface area contributed by atoms with Gasteiger partial charge in [0.15, 0.2) is 0 Å². The fourth-order valence-electron chi connectivity index (χ4n) is 2.20. The molecule has 0 atom stereocenters. The highest BCUT2D eigenvalue weighted by Gasteiger charge is 2.20. The number of pyridine rings is 1. The average Bonchev–Trinajstić information content (AvgIpc) is 3.39. The van der Waals surface area contributed by atoms with E-state index < -0.39 is 0 Å². The van der Waals surface area contributed by atoms with Crippen LogP contribution in [0.1, 0.15) is 18.4 Å². The second-order valence-corrected chi connectivity index (χ2v) is 5.92. The van der Waals surface area contributed by atoms with Crippen LogP contribution in [0.4, 0.5) is 4.39 Å². The summed E-state index contributed by atoms with van der Waals surface area (Å²) in [6.07, 6.45) is 4.17. The summed E-state index contributed by atoms with van der Waals surface area (Å²) in [4.78, 5) is 15.9. The highest BCUT2D eigenvalue weighted by Crippen LogP contribution is 2.27. The Morgan fingerprint density at radius 3 is 2.69 bits per heavy atom. The first kappa shape index (κ1) is 22.2. The van der Waals surface area contributed by atoms with E-state index in [0.29, 0.717) is 24.7 Å². The maximum absolute atomic E-state index is 13.1. The van der Waals surface area contributed by atoms with Gasteiger partial charge < -0.3 is 15.4 Å². The molecule has 3 rings (SSSR count). The SMILES string of the molecule is Cl.Cl.O=C(CNCC1CC1)NCc1ccc(Oc2cccc(F)c2)nc1. The zero-order chi connectivity index (χ0) is 16.8. The third-order valence-electron chi connectivity index (χ3n) is 3.72. The van der Waals surface area contributed by atoms with Gasteiger partial charge in [0.05, 0.1) is 6.54 Å². The number of benzene rings is 1. The van der Waals surface area contributed by atoms with Crippen molar-refractivity contribution < 1.29 is 13.9 Å². The van der Waals surface area contributed by atoms with Gasteiger partial charge in [0.25, 0.3) is 0 Å². The number of nitrogens with zero attached hydrogens (tertiary/aromatic N) is 1. The van der Waals surface area contributed by atoms with Gasteiger partial charge in [-0.2, -0.15) is 0 Å². The van der Waals surface area contributed by atoms with Crippen molar-refractivity contribution in [2.24, 2.45) is 5.92 Å². The van der Waals surface area contributed by atoms with Crippen molar-refractivity contribution >= 4 is 30.7 Å². The molecule has 5 nitrogen and oxygen atoms in total. The standard InChI is InChI=1S/C18H20FN3O2.2ClH/c19-15-2-1-3-16(8-15)24-18-7-6-14(11-22-18)10-21-17(23)12-20-9-13-4-5-13;;/h1-3,6-8,11,13,20H,4-5,9-10,12H2,(H,21,23);2*1H. The van der Waals surface area contributed by atoms with Gasteiger partial charge in [0.2, 0.25) is 11.8 Å². The van der Waals surface area contributed by atoms with Gasteiger partial charge in [0, 0.05) is 24.9 Å². The zero-order valence-corrected chi connectivity index (χ0v) is 15.7. The zero-order valence-electron chi connectivity index (χ0n) is 14.1. The lowest BCUT2D eigenvalue weighted by atomic mass is 10.3. The van der Waals surface area contributed by atoms with Gasteiger partial charge in [-0.3, -0.25) is 4.79 Å². The molecule has 1 fully saturated rings. The lowest BCUT2D eigenvalue weighted by molar-refractivity contribution is -0.120. The molecule has 0 unspecified atom stereocenters. The summed E-state index contributed by atoms with van der Waals surface area (Å²) in [6.45, 7) is 1.67. The number of carbonyl (C=O) groups is 1. The Bertz CT molecular complexity index is 697. The van der Waals surface area contributed by atoms with Crippen molar-refractivity contribution in [1.82, 2.24) is 15.6 Å². The number of ether oxygens (including phenoxy) is 1. The van der Waals surface area contributed by atoms with E-state index in [2.05, 4.69) is 15.6 Å². The Morgan fingerprint density at radius 2 is 2.04 bits per heavy atom. The number of rotatable bonds is 8. The lowest BCUT2D eigenvalue weighted by Gasteiger charge is -2.08. The summed E-state index contributed by atoms with van der Waals surface area (Å²) >= 11 is 0. The van der Waals surface area contributed by atoms with Gasteiger partial charge >= 0.3 is 0 Å². The summed E-state index contributed by atoms with van der Waals surface area (Å²) in [7, 11) is 0. The average molecular weight is 402 g/mol. The van der Waals surface area contributed by atoms with E-state index in [1.54, 1.807) is 24.4 Å². The molecule has 0 saturated heterocycles. The van der Waals surface area contributed by atoms with E-state index in [9.17, 15) is 9.18 Å². The van der Waals surface area contributed by atoms with Crippen LogP contribution >= 0.6 is 24.8 Å². The lowest BCUT2D eigenvalue weighted by Crippen LogP contribution is -2.34. The molecule has 0 spiro atoms. The normalized spacial score (nSPS) is 12.5. The first-order valence-electron chi connectivity index (χ1n) is 8.05. The maximum atomic E-state index is 13.1. The van der Waals surface area contributed by atoms with Gasteiger partial charge in [0.1, 0.15) is 11.6 Å². The van der Waals surface area contributed by atoms with Crippen molar-refractivity contribution in [2.45, 2.75) is 19.4 Å². The van der Waals surface area contributed by atoms with Crippen molar-refractivity contribution in [3.05, 3.63) is 54.0 Å². The van der Waals surface area contributed by atoms with Crippen LogP contribution in [-0.2, 0) is 11.3 Å². The molecule has 142 valence electrons. The Hall–Kier alpha value is -1.89. The predicted octanol–water partition coefficient (Wildman–Crippen LogP) is 3.47. The van der Waals surface area contributed by atoms with Crippen LogP contribution < -0.4 is 15.4 Å². The molecule has 1 aromatic carbocycles. The van der Waals surface area contributed by atoms with Crippen molar-refractivity contribution in [3.63, 3.8) is 0 Å². The number of amides is 1. The molecule has 0 aliphatic heterocycles. The van der Waals surface area contributed by atoms with Crippen molar-refractivity contribution in [3.8, 4) is 11.6 Å². The summed E-state index contributed by atoms with van der Waals surface area (Å²) in [5, 5.41) is 5.98. The number of nitrogens with one attached hydrogen (secondary N) is 2. The molecule has 0 radical (unpaired) electrons. The number of hydrogen-bond acceptors (Lipinski definition) is 4. The van der Waals surface area contributed by atoms with E-state index in [1.807, 2.05) is 6.07 Å². The molecule has 1 aliphatic carbocycles. The van der Waals surface area contributed by atoms with Crippen molar-refractivity contribution in [2.75, 3.05) is 13.1 Å². The first-order chi connectivity index (χ1) is 11.7. The summed E-state index contributed by atoms with van der Waals surface area (Å²) in [6, 6.07) is 9.40. The van der Waals surface area contributed by atoms with Gasteiger partial charge in [-0.25, -0.2) is 9.37 Å². The second-order valence-electron chi connectivity index (χ2n) is 5.92. The van der Waals surface area contributed by atoms with E-state index in [4.69, 9.17) is 4.74 Å². The highest BCUT2D eigenvalue weighted by atomic mass is 35.5. The van der Waals surface area contributed by atoms with Crippen LogP contribution in [0.2, 0.25) is 0 Å². The minimum Gasteiger partial charge on any atom is -0.439 e. The minimum atomic E-state index is -0.359. The fourth-order valence-corrected chi connectivity index (χ4v) is 2.20. The molecule has 8 heteroatoms. The van der Waals surface area contributed by atoms with Crippen molar-refractivity contribution in [1.29, 1.82) is 0 Å². The molecule has 1 saturated carbocycles. The van der Waals surface area contributed by atoms with Crippen LogP contribution in [0, 0.1) is 11.7 Å². The molecule has 1 aliphatic rings. The third kappa shape index (κ3) is 7.56. The van der Waals surface area contributed by atoms with Crippen LogP contribution in [0.25, 0.3) is 0 Å². The second kappa shape index (κ2) is 11.0. The Morgan fingerprint density at radius 1 is 1.23 bits per heavy atom. The maximum Gasteiger partial charge on any atom is 0.234 e. The Balaban J connectivity index is 0.00000169. The fraction of sp³-hybridized carbons (Fsp3) is 0.333. The van der Waals surface area contributed by atoms with Gasteiger partial charge in [-0.15, -0.1) is 24.8 Å². The van der Waals surface area contributed by atoms with E-state index in [1.165, 1.54) is 25.0 Å². The van der Waals surface area contributed by atoms with E-state index >= 15 is 0 Å². The largest absolute Gasteiger partial charge is 0.439 e. The summed E-state index contributed by atoms with van der Waals surface area (Å²) < 4.78 is 18.6. The smallest absolute Gasteiger partial charge is 0.234 e. The number of halogens is 3. The number of carbonyl (C=O) groups excluding carboxylic acids is 1. The van der Waals surface area contributed by atoms with Crippen LogP contribution in [-0.4, -0.2) is 24.0 Å². The Labute approximate surface area is 164 Å². The van der Waals surface area contributed by atoms with Crippen LogP contribution in [0.3, 0.4) is 0 Å². The third-order valence-corrected chi connectivity index (χ3v) is 3.72. The predicted molar refractivity (Wildman–Crippen MR) is 103 cm³/mol. The first-order valence-corrected chi connectivity index (χ1v) is 8.05. The molecular formula is C18H22Cl2FN3O2. The molecule has 0 bridgehead atoms. The molecule has 2 N–H and O–H groups in total. The monoisotopic (exact) mass is 401 g/mol. The quantitative estimate of drug-likeness (QED) is 0.710. The molecule has 1 amide bonds. The van der Waals surface area contributed by atoms with Crippen LogP contribution in [0.5, 0.6) is 11.6 Å². The van der Waals surface area contributed by atoms with Gasteiger partial charge in [-0.05, 0) is 43.0 Å². The molecular weight excluding hydrogens is 380 g/mol. The molecule has 1 aromatic heterocycles. The molecule has 26 heavy (non-hydrogen) atoms. The van der Waals surface area contributed by atoms with Crippen LogP contribution in [0.15, 0.2) is 42.6 Å². The van der Waals surface area contributed by atoms with E-state index in [-0.39, 0.29) is 36.5 Å². The number of hydrogen-bond donors (Lipinski definition) is 2. The topological polar surface area (TPSA) is 63.2 Å². The van der Waals surface area contributed by atoms with Gasteiger partial charge in [-0.1, -0.05) is 12.1 Å². The summed E-state index contributed by atoms with van der Waals surface area (Å²) in [5.41, 5.74) is 0.872. The minimum absolute atomic E-state index is 0. The highest BCUT2D eigenvalue weighted by molar-refractivity contribution is 5.85. The Kier molecular flexibility index (Phi) is 9.34.